The Kier molecular flexibility index (Phi) is 5.23. The van der Waals surface area contributed by atoms with Crippen molar-refractivity contribution in [1.82, 2.24) is 29.5 Å². The summed E-state index contributed by atoms with van der Waals surface area (Å²) in [5.74, 6) is 0.459. The zero-order valence-corrected chi connectivity index (χ0v) is 18.9. The average Bonchev–Trinajstić information content (AvgIpc) is 3.25. The lowest BCUT2D eigenvalue weighted by Gasteiger charge is -2.65. The molecule has 3 aromatic heterocycles. The summed E-state index contributed by atoms with van der Waals surface area (Å²) >= 11 is 0. The van der Waals surface area contributed by atoms with Crippen LogP contribution in [-0.4, -0.2) is 60.3 Å². The highest BCUT2D eigenvalue weighted by atomic mass is 19.4. The predicted molar refractivity (Wildman–Crippen MR) is 116 cm³/mol. The number of carbonyl (C=O) groups is 1. The van der Waals surface area contributed by atoms with Crippen LogP contribution in [0.1, 0.15) is 38.7 Å². The smallest absolute Gasteiger partial charge is 0.379 e. The van der Waals surface area contributed by atoms with Crippen LogP contribution in [0.2, 0.25) is 0 Å². The van der Waals surface area contributed by atoms with Crippen LogP contribution in [0.3, 0.4) is 0 Å². The van der Waals surface area contributed by atoms with E-state index in [0.717, 1.165) is 19.3 Å². The van der Waals surface area contributed by atoms with Gasteiger partial charge >= 0.3 is 12.2 Å². The molecule has 2 bridgehead atoms. The van der Waals surface area contributed by atoms with Crippen LogP contribution in [-0.2, 0) is 10.9 Å². The number of hydrogen-bond acceptors (Lipinski definition) is 6. The number of ether oxygens (including phenoxy) is 1. The van der Waals surface area contributed by atoms with Crippen molar-refractivity contribution < 1.29 is 22.7 Å². The molecule has 4 atom stereocenters. The van der Waals surface area contributed by atoms with E-state index in [0.29, 0.717) is 17.8 Å². The van der Waals surface area contributed by atoms with Gasteiger partial charge in [-0.1, -0.05) is 6.92 Å². The molecule has 180 valence electrons. The first-order chi connectivity index (χ1) is 16.1. The van der Waals surface area contributed by atoms with Crippen LogP contribution >= 0.6 is 0 Å². The van der Waals surface area contributed by atoms with E-state index in [1.54, 1.807) is 12.0 Å². The predicted octanol–water partition coefficient (Wildman–Crippen LogP) is 4.01. The second-order valence-electron chi connectivity index (χ2n) is 9.13. The van der Waals surface area contributed by atoms with E-state index in [-0.39, 0.29) is 29.2 Å². The monoisotopic (exact) mass is 475 g/mol. The molecule has 4 heterocycles. The zero-order valence-electron chi connectivity index (χ0n) is 18.9. The number of methoxy groups -OCH3 is 1. The van der Waals surface area contributed by atoms with Crippen LogP contribution in [0.15, 0.2) is 31.0 Å². The summed E-state index contributed by atoms with van der Waals surface area (Å²) in [6.45, 7) is 4.09. The number of fused-ring (bicyclic) bond motifs is 3. The van der Waals surface area contributed by atoms with Gasteiger partial charge in [0, 0.05) is 24.9 Å². The van der Waals surface area contributed by atoms with Crippen LogP contribution in [0.25, 0.3) is 16.9 Å². The average molecular weight is 475 g/mol. The topological polar surface area (TPSA) is 97.5 Å². The minimum Gasteiger partial charge on any atom is -0.379 e. The number of carbonyl (C=O) groups excluding carboxylic acids is 1. The van der Waals surface area contributed by atoms with E-state index in [2.05, 4.69) is 32.3 Å². The number of amides is 2. The molecular formula is C22H24F3N7O2. The van der Waals surface area contributed by atoms with Gasteiger partial charge in [-0.25, -0.2) is 19.3 Å². The third kappa shape index (κ3) is 3.56. The summed E-state index contributed by atoms with van der Waals surface area (Å²) < 4.78 is 48.1. The van der Waals surface area contributed by atoms with Gasteiger partial charge in [0.25, 0.3) is 0 Å². The lowest BCUT2D eigenvalue weighted by molar-refractivity contribution is -0.155. The van der Waals surface area contributed by atoms with Crippen molar-refractivity contribution in [1.29, 1.82) is 0 Å². The highest BCUT2D eigenvalue weighted by Gasteiger charge is 2.61. The summed E-state index contributed by atoms with van der Waals surface area (Å²) in [5.41, 5.74) is -1.18. The van der Waals surface area contributed by atoms with Crippen LogP contribution in [0.4, 0.5) is 23.8 Å². The number of halogens is 3. The Labute approximate surface area is 193 Å². The Morgan fingerprint density at radius 3 is 2.79 bits per heavy atom. The third-order valence-corrected chi connectivity index (χ3v) is 7.02. The Balaban J connectivity index is 1.48. The minimum absolute atomic E-state index is 0.00623. The Hall–Kier alpha value is -3.28. The normalized spacial score (nSPS) is 25.2. The van der Waals surface area contributed by atoms with E-state index in [1.807, 2.05) is 6.92 Å². The third-order valence-electron chi connectivity index (χ3n) is 7.02. The van der Waals surface area contributed by atoms with Crippen LogP contribution in [0, 0.1) is 5.92 Å². The van der Waals surface area contributed by atoms with Gasteiger partial charge in [0.2, 0.25) is 0 Å². The molecule has 0 spiro atoms. The number of anilines is 1. The van der Waals surface area contributed by atoms with Crippen molar-refractivity contribution in [2.24, 2.45) is 5.92 Å². The van der Waals surface area contributed by atoms with Gasteiger partial charge in [-0.2, -0.15) is 18.3 Å². The van der Waals surface area contributed by atoms with Crippen molar-refractivity contribution >= 4 is 17.5 Å². The van der Waals surface area contributed by atoms with E-state index in [4.69, 9.17) is 4.74 Å². The van der Waals surface area contributed by atoms with Gasteiger partial charge < -0.3 is 9.64 Å². The SMILES string of the molecule is CO[C@@H](C)[C@]12C[C@@H](C)C[C@H](C1)N2C(=O)Nc1cc(-c2cn3ncnc3cn2)c(C(F)(F)F)cn1. The fourth-order valence-corrected chi connectivity index (χ4v) is 5.48. The molecule has 12 heteroatoms. The Morgan fingerprint density at radius 1 is 1.26 bits per heavy atom. The standard InChI is InChI=1S/C22H24F3N7O2/c1-12-4-14-7-21(6-12,13(2)34-3)32(14)20(33)30-18-5-15(16(8-27-18)22(23,24)25)17-10-31-19(9-26-17)28-11-29-31/h5,8-14H,4,6-7H2,1-3H3,(H,27,30,33)/t12-,13-,14+,21-/m0/s1. The first-order valence-corrected chi connectivity index (χ1v) is 11.0. The fourth-order valence-electron chi connectivity index (χ4n) is 5.48. The lowest BCUT2D eigenvalue weighted by Crippen LogP contribution is -2.76. The van der Waals surface area contributed by atoms with E-state index < -0.39 is 23.3 Å². The van der Waals surface area contributed by atoms with Gasteiger partial charge in [-0.15, -0.1) is 0 Å². The number of rotatable bonds is 4. The molecule has 1 saturated carbocycles. The number of piperidine rings is 1. The molecule has 5 rings (SSSR count). The summed E-state index contributed by atoms with van der Waals surface area (Å²) in [5, 5.41) is 6.66. The maximum atomic E-state index is 13.7. The first-order valence-electron chi connectivity index (χ1n) is 11.0. The zero-order chi connectivity index (χ0) is 24.3. The Bertz CT molecular complexity index is 1250. The summed E-state index contributed by atoms with van der Waals surface area (Å²) in [7, 11) is 1.62. The molecule has 2 fully saturated rings. The molecule has 1 aliphatic heterocycles. The van der Waals surface area contributed by atoms with Gasteiger partial charge in [-0.05, 0) is 38.2 Å². The van der Waals surface area contributed by atoms with E-state index in [1.165, 1.54) is 29.3 Å². The number of urea groups is 1. The van der Waals surface area contributed by atoms with Gasteiger partial charge in [0.1, 0.15) is 12.1 Å². The number of aromatic nitrogens is 5. The van der Waals surface area contributed by atoms with Crippen molar-refractivity contribution in [3.05, 3.63) is 36.5 Å². The number of nitrogens with zero attached hydrogens (tertiary/aromatic N) is 6. The molecule has 1 N–H and O–H groups in total. The molecule has 3 aromatic rings. The summed E-state index contributed by atoms with van der Waals surface area (Å²) in [6.07, 6.45) is 2.37. The number of pyridine rings is 1. The van der Waals surface area contributed by atoms with Gasteiger partial charge in [-0.3, -0.25) is 10.3 Å². The van der Waals surface area contributed by atoms with Gasteiger partial charge in [0.05, 0.1) is 35.3 Å². The molecule has 0 radical (unpaired) electrons. The molecular weight excluding hydrogens is 451 g/mol. The molecule has 2 amide bonds. The Morgan fingerprint density at radius 2 is 2.06 bits per heavy atom. The molecule has 0 unspecified atom stereocenters. The van der Waals surface area contributed by atoms with Crippen LogP contribution in [0.5, 0.6) is 0 Å². The largest absolute Gasteiger partial charge is 0.418 e. The lowest BCUT2D eigenvalue weighted by atomic mass is 9.62. The molecule has 9 nitrogen and oxygen atoms in total. The minimum atomic E-state index is -4.66. The second kappa shape index (κ2) is 7.90. The van der Waals surface area contributed by atoms with Crippen LogP contribution < -0.4 is 5.32 Å². The number of nitrogens with one attached hydrogen (secondary N) is 1. The molecule has 2 aliphatic rings. The highest BCUT2D eigenvalue weighted by Crippen LogP contribution is 2.52. The molecule has 0 aromatic carbocycles. The first kappa shape index (κ1) is 22.5. The van der Waals surface area contributed by atoms with Gasteiger partial charge in [0.15, 0.2) is 5.65 Å². The maximum absolute atomic E-state index is 13.7. The second-order valence-corrected chi connectivity index (χ2v) is 9.13. The quantitative estimate of drug-likeness (QED) is 0.612. The molecule has 34 heavy (non-hydrogen) atoms. The highest BCUT2D eigenvalue weighted by molar-refractivity contribution is 5.91. The number of hydrogen-bond donors (Lipinski definition) is 1. The molecule has 1 aliphatic carbocycles. The summed E-state index contributed by atoms with van der Waals surface area (Å²) in [6, 6.07) is 0.854. The van der Waals surface area contributed by atoms with E-state index in [9.17, 15) is 18.0 Å². The molecule has 1 saturated heterocycles. The van der Waals surface area contributed by atoms with Crippen molar-refractivity contribution in [2.75, 3.05) is 12.4 Å². The van der Waals surface area contributed by atoms with Crippen molar-refractivity contribution in [3.8, 4) is 11.3 Å². The number of likely N-dealkylation sites (tertiary alicyclic amines) is 1. The summed E-state index contributed by atoms with van der Waals surface area (Å²) in [4.78, 5) is 27.0. The van der Waals surface area contributed by atoms with E-state index >= 15 is 0 Å². The van der Waals surface area contributed by atoms with Crippen molar-refractivity contribution in [3.63, 3.8) is 0 Å². The van der Waals surface area contributed by atoms with Crippen molar-refractivity contribution in [2.45, 2.75) is 57.0 Å². The number of alkyl halides is 3. The maximum Gasteiger partial charge on any atom is 0.418 e. The fraction of sp³-hybridized carbons (Fsp3) is 0.500.